The first-order valence-corrected chi connectivity index (χ1v) is 6.25. The highest BCUT2D eigenvalue weighted by atomic mass is 16.5. The molecule has 2 N–H and O–H groups in total. The topological polar surface area (TPSA) is 91.7 Å². The van der Waals surface area contributed by atoms with Crippen LogP contribution in [0.1, 0.15) is 13.8 Å². The molecule has 3 rings (SSSR count). The Balaban J connectivity index is 2.11. The lowest BCUT2D eigenvalue weighted by Crippen LogP contribution is -2.13. The SMILES string of the molecule is CC(C)Oc1nc(N)nc(-n2ncc3ccccc32)n1. The van der Waals surface area contributed by atoms with E-state index < -0.39 is 0 Å². The van der Waals surface area contributed by atoms with Gasteiger partial charge in [0.15, 0.2) is 0 Å². The Bertz CT molecular complexity index is 751. The van der Waals surface area contributed by atoms with Crippen LogP contribution in [0.15, 0.2) is 30.5 Å². The van der Waals surface area contributed by atoms with Crippen molar-refractivity contribution >= 4 is 16.9 Å². The Kier molecular flexibility index (Phi) is 2.94. The van der Waals surface area contributed by atoms with E-state index in [9.17, 15) is 0 Å². The molecule has 0 unspecified atom stereocenters. The third-order valence-corrected chi connectivity index (χ3v) is 2.63. The van der Waals surface area contributed by atoms with E-state index in [0.717, 1.165) is 10.9 Å². The summed E-state index contributed by atoms with van der Waals surface area (Å²) in [5.41, 5.74) is 6.60. The van der Waals surface area contributed by atoms with Crippen LogP contribution >= 0.6 is 0 Å². The molecule has 0 bridgehead atoms. The Morgan fingerprint density at radius 1 is 1.15 bits per heavy atom. The fraction of sp³-hybridized carbons (Fsp3) is 0.231. The van der Waals surface area contributed by atoms with E-state index in [1.165, 1.54) is 0 Å². The standard InChI is InChI=1S/C13H14N6O/c1-8(2)20-13-17-11(14)16-12(18-13)19-10-6-4-3-5-9(10)7-15-19/h3-8H,1-2H3,(H2,14,16,17,18). The largest absolute Gasteiger partial charge is 0.461 e. The first-order chi connectivity index (χ1) is 9.63. The van der Waals surface area contributed by atoms with Crippen molar-refractivity contribution in [1.82, 2.24) is 24.7 Å². The van der Waals surface area contributed by atoms with Gasteiger partial charge in [-0.1, -0.05) is 18.2 Å². The van der Waals surface area contributed by atoms with Crippen LogP contribution < -0.4 is 10.5 Å². The molecule has 1 aromatic carbocycles. The summed E-state index contributed by atoms with van der Waals surface area (Å²) in [6.45, 7) is 3.78. The zero-order valence-electron chi connectivity index (χ0n) is 11.2. The van der Waals surface area contributed by atoms with E-state index in [-0.39, 0.29) is 18.1 Å². The third-order valence-electron chi connectivity index (χ3n) is 2.63. The number of nitrogen functional groups attached to an aromatic ring is 1. The van der Waals surface area contributed by atoms with Crippen LogP contribution in [0.5, 0.6) is 6.01 Å². The Labute approximate surface area is 115 Å². The number of nitrogens with two attached hydrogens (primary N) is 1. The molecule has 0 aliphatic rings. The number of rotatable bonds is 3. The number of aromatic nitrogens is 5. The van der Waals surface area contributed by atoms with Crippen LogP contribution in [0.4, 0.5) is 5.95 Å². The number of benzene rings is 1. The van der Waals surface area contributed by atoms with Crippen molar-refractivity contribution in [3.63, 3.8) is 0 Å². The van der Waals surface area contributed by atoms with Gasteiger partial charge >= 0.3 is 6.01 Å². The second kappa shape index (κ2) is 4.76. The van der Waals surface area contributed by atoms with Gasteiger partial charge in [0.2, 0.25) is 5.95 Å². The molecule has 0 amide bonds. The summed E-state index contributed by atoms with van der Waals surface area (Å²) >= 11 is 0. The first-order valence-electron chi connectivity index (χ1n) is 6.25. The minimum atomic E-state index is -0.0426. The minimum absolute atomic E-state index is 0.0426. The van der Waals surface area contributed by atoms with Gasteiger partial charge in [-0.15, -0.1) is 0 Å². The van der Waals surface area contributed by atoms with Crippen LogP contribution in [-0.2, 0) is 0 Å². The zero-order chi connectivity index (χ0) is 14.1. The number of para-hydroxylation sites is 1. The highest BCUT2D eigenvalue weighted by Crippen LogP contribution is 2.17. The molecule has 102 valence electrons. The van der Waals surface area contributed by atoms with Gasteiger partial charge in [-0.25, -0.2) is 0 Å². The predicted octanol–water partition coefficient (Wildman–Crippen LogP) is 1.58. The molecule has 2 aromatic heterocycles. The van der Waals surface area contributed by atoms with Crippen molar-refractivity contribution < 1.29 is 4.74 Å². The van der Waals surface area contributed by atoms with Gasteiger partial charge in [-0.3, -0.25) is 0 Å². The molecule has 0 spiro atoms. The van der Waals surface area contributed by atoms with Crippen LogP contribution in [0.3, 0.4) is 0 Å². The van der Waals surface area contributed by atoms with E-state index in [1.807, 2.05) is 38.1 Å². The van der Waals surface area contributed by atoms with Crippen LogP contribution in [0.2, 0.25) is 0 Å². The van der Waals surface area contributed by atoms with E-state index in [2.05, 4.69) is 20.1 Å². The maximum Gasteiger partial charge on any atom is 0.323 e. The summed E-state index contributed by atoms with van der Waals surface area (Å²) < 4.78 is 7.07. The highest BCUT2D eigenvalue weighted by Gasteiger charge is 2.11. The van der Waals surface area contributed by atoms with Gasteiger partial charge in [0.05, 0.1) is 17.8 Å². The van der Waals surface area contributed by atoms with E-state index in [1.54, 1.807) is 10.9 Å². The fourth-order valence-corrected chi connectivity index (χ4v) is 1.85. The van der Waals surface area contributed by atoms with Crippen molar-refractivity contribution in [3.8, 4) is 12.0 Å². The summed E-state index contributed by atoms with van der Waals surface area (Å²) in [5.74, 6) is 0.444. The van der Waals surface area contributed by atoms with Gasteiger partial charge in [-0.05, 0) is 19.9 Å². The lowest BCUT2D eigenvalue weighted by atomic mass is 10.3. The van der Waals surface area contributed by atoms with Gasteiger partial charge in [0, 0.05) is 5.39 Å². The number of anilines is 1. The highest BCUT2D eigenvalue weighted by molar-refractivity contribution is 5.79. The molecule has 0 radical (unpaired) electrons. The summed E-state index contributed by atoms with van der Waals surface area (Å²) in [6.07, 6.45) is 1.71. The molecule has 0 aliphatic carbocycles. The molecule has 2 heterocycles. The average Bonchev–Trinajstić information content (AvgIpc) is 2.80. The Hall–Kier alpha value is -2.70. The van der Waals surface area contributed by atoms with Gasteiger partial charge < -0.3 is 10.5 Å². The molecule has 7 heteroatoms. The molecule has 0 aliphatic heterocycles. The van der Waals surface area contributed by atoms with Crippen molar-refractivity contribution in [2.24, 2.45) is 0 Å². The van der Waals surface area contributed by atoms with Gasteiger partial charge in [0.25, 0.3) is 5.95 Å². The average molecular weight is 270 g/mol. The monoisotopic (exact) mass is 270 g/mol. The quantitative estimate of drug-likeness (QED) is 0.776. The summed E-state index contributed by atoms with van der Waals surface area (Å²) in [5, 5.41) is 5.28. The summed E-state index contributed by atoms with van der Waals surface area (Å²) in [6, 6.07) is 7.97. The molecular weight excluding hydrogens is 256 g/mol. The van der Waals surface area contributed by atoms with E-state index >= 15 is 0 Å². The van der Waals surface area contributed by atoms with Crippen molar-refractivity contribution in [1.29, 1.82) is 0 Å². The fourth-order valence-electron chi connectivity index (χ4n) is 1.85. The maximum absolute atomic E-state index is 5.70. The molecule has 20 heavy (non-hydrogen) atoms. The first kappa shape index (κ1) is 12.3. The molecule has 0 fully saturated rings. The van der Waals surface area contributed by atoms with E-state index in [4.69, 9.17) is 10.5 Å². The lowest BCUT2D eigenvalue weighted by molar-refractivity contribution is 0.221. The van der Waals surface area contributed by atoms with Gasteiger partial charge in [-0.2, -0.15) is 24.7 Å². The molecule has 0 saturated carbocycles. The van der Waals surface area contributed by atoms with Crippen LogP contribution in [-0.4, -0.2) is 30.8 Å². The normalized spacial score (nSPS) is 11.2. The molecule has 3 aromatic rings. The zero-order valence-corrected chi connectivity index (χ0v) is 11.2. The van der Waals surface area contributed by atoms with Crippen molar-refractivity contribution in [3.05, 3.63) is 30.5 Å². The summed E-state index contributed by atoms with van der Waals surface area (Å²) in [4.78, 5) is 12.3. The number of nitrogens with zero attached hydrogens (tertiary/aromatic N) is 5. The Morgan fingerprint density at radius 2 is 1.95 bits per heavy atom. The number of hydrogen-bond donors (Lipinski definition) is 1. The predicted molar refractivity (Wildman–Crippen MR) is 74.6 cm³/mol. The molecular formula is C13H14N6O. The van der Waals surface area contributed by atoms with Gasteiger partial charge in [0.1, 0.15) is 0 Å². The molecule has 7 nitrogen and oxygen atoms in total. The van der Waals surface area contributed by atoms with Crippen LogP contribution in [0.25, 0.3) is 16.9 Å². The molecule has 0 saturated heterocycles. The second-order valence-electron chi connectivity index (χ2n) is 4.56. The number of ether oxygens (including phenoxy) is 1. The lowest BCUT2D eigenvalue weighted by Gasteiger charge is -2.09. The van der Waals surface area contributed by atoms with Crippen LogP contribution in [0, 0.1) is 0 Å². The van der Waals surface area contributed by atoms with Crippen molar-refractivity contribution in [2.45, 2.75) is 20.0 Å². The third kappa shape index (κ3) is 2.25. The Morgan fingerprint density at radius 3 is 2.75 bits per heavy atom. The number of hydrogen-bond acceptors (Lipinski definition) is 6. The maximum atomic E-state index is 5.70. The smallest absolute Gasteiger partial charge is 0.323 e. The van der Waals surface area contributed by atoms with Crippen molar-refractivity contribution in [2.75, 3.05) is 5.73 Å². The van der Waals surface area contributed by atoms with E-state index in [0.29, 0.717) is 5.95 Å². The summed E-state index contributed by atoms with van der Waals surface area (Å²) in [7, 11) is 0. The second-order valence-corrected chi connectivity index (χ2v) is 4.56. The minimum Gasteiger partial charge on any atom is -0.461 e. The molecule has 0 atom stereocenters. The number of fused-ring (bicyclic) bond motifs is 1.